The lowest BCUT2D eigenvalue weighted by Crippen LogP contribution is -1.91. The largest absolute Gasteiger partial charge is 0.192 e. The first-order valence-electron chi connectivity index (χ1n) is 6.36. The molecule has 2 atom stereocenters. The van der Waals surface area contributed by atoms with Crippen molar-refractivity contribution in [1.82, 2.24) is 0 Å². The smallest absolute Gasteiger partial charge is 0.126 e. The van der Waals surface area contributed by atoms with Gasteiger partial charge >= 0.3 is 0 Å². The van der Waals surface area contributed by atoms with E-state index in [1.807, 2.05) is 48.5 Å². The van der Waals surface area contributed by atoms with E-state index in [2.05, 4.69) is 0 Å². The number of hydrogen-bond donors (Lipinski definition) is 0. The summed E-state index contributed by atoms with van der Waals surface area (Å²) in [5.41, 5.74) is 2.24. The van der Waals surface area contributed by atoms with Gasteiger partial charge in [0.2, 0.25) is 0 Å². The average molecular weight is 270 g/mol. The molecule has 0 heterocycles. The van der Waals surface area contributed by atoms with Crippen LogP contribution in [0.3, 0.4) is 0 Å². The maximum Gasteiger partial charge on any atom is 0.126 e. The highest BCUT2D eigenvalue weighted by atomic mass is 14.3. The highest BCUT2D eigenvalue weighted by Crippen LogP contribution is 2.43. The molecule has 0 spiro atoms. The Hall–Kier alpha value is -3.34. The molecule has 0 amide bonds. The molecule has 0 bridgehead atoms. The van der Waals surface area contributed by atoms with Crippen molar-refractivity contribution in [3.8, 4) is 24.3 Å². The molecule has 1 aliphatic rings. The SMILES string of the molecule is N#CC(C#N)=CC1CC(C=C(C#N)C#N)c2ccccc21. The van der Waals surface area contributed by atoms with E-state index in [0.29, 0.717) is 6.42 Å². The predicted octanol–water partition coefficient (Wildman–Crippen LogP) is 3.20. The van der Waals surface area contributed by atoms with Gasteiger partial charge in [-0.1, -0.05) is 24.3 Å². The Labute approximate surface area is 123 Å². The van der Waals surface area contributed by atoms with Crippen LogP contribution in [0.15, 0.2) is 47.6 Å². The van der Waals surface area contributed by atoms with Gasteiger partial charge in [0.05, 0.1) is 0 Å². The third-order valence-electron chi connectivity index (χ3n) is 3.52. The standard InChI is InChI=1S/C17H10N4/c18-8-12(9-19)5-14-7-15(6-13(10-20)11-21)17-4-2-1-3-16(14)17/h1-6,14-15H,7H2. The minimum atomic E-state index is -0.0459. The zero-order valence-corrected chi connectivity index (χ0v) is 11.1. The number of allylic oxidation sites excluding steroid dienone is 4. The number of nitriles is 4. The number of nitrogens with zero attached hydrogens (tertiary/aromatic N) is 4. The lowest BCUT2D eigenvalue weighted by Gasteiger charge is -2.04. The van der Waals surface area contributed by atoms with Gasteiger partial charge in [0.1, 0.15) is 35.4 Å². The van der Waals surface area contributed by atoms with Crippen LogP contribution in [0.2, 0.25) is 0 Å². The van der Waals surface area contributed by atoms with Crippen LogP contribution in [0.1, 0.15) is 29.4 Å². The first-order chi connectivity index (χ1) is 10.2. The zero-order chi connectivity index (χ0) is 15.2. The van der Waals surface area contributed by atoms with E-state index in [-0.39, 0.29) is 23.0 Å². The summed E-state index contributed by atoms with van der Waals surface area (Å²) in [6, 6.07) is 15.2. The van der Waals surface area contributed by atoms with E-state index in [9.17, 15) is 0 Å². The average Bonchev–Trinajstić information content (AvgIpc) is 2.88. The van der Waals surface area contributed by atoms with E-state index in [1.165, 1.54) is 0 Å². The normalized spacial score (nSPS) is 18.1. The lowest BCUT2D eigenvalue weighted by atomic mass is 9.98. The topological polar surface area (TPSA) is 95.2 Å². The molecule has 0 saturated carbocycles. The van der Waals surface area contributed by atoms with E-state index in [1.54, 1.807) is 12.2 Å². The van der Waals surface area contributed by atoms with Gasteiger partial charge in [0, 0.05) is 11.8 Å². The van der Waals surface area contributed by atoms with Crippen LogP contribution in [0.25, 0.3) is 0 Å². The van der Waals surface area contributed by atoms with E-state index in [4.69, 9.17) is 21.0 Å². The van der Waals surface area contributed by atoms with Crippen LogP contribution in [0.5, 0.6) is 0 Å². The minimum Gasteiger partial charge on any atom is -0.192 e. The lowest BCUT2D eigenvalue weighted by molar-refractivity contribution is 0.746. The molecule has 0 saturated heterocycles. The van der Waals surface area contributed by atoms with Gasteiger partial charge in [-0.05, 0) is 29.7 Å². The molecule has 4 heteroatoms. The molecule has 4 nitrogen and oxygen atoms in total. The van der Waals surface area contributed by atoms with Crippen molar-refractivity contribution >= 4 is 0 Å². The van der Waals surface area contributed by atoms with Crippen molar-refractivity contribution < 1.29 is 0 Å². The van der Waals surface area contributed by atoms with E-state index < -0.39 is 0 Å². The van der Waals surface area contributed by atoms with Gasteiger partial charge in [-0.15, -0.1) is 0 Å². The first-order valence-corrected chi connectivity index (χ1v) is 6.36. The molecule has 0 fully saturated rings. The minimum absolute atomic E-state index is 0.0459. The summed E-state index contributed by atoms with van der Waals surface area (Å²) in [5.74, 6) is -0.0919. The van der Waals surface area contributed by atoms with Crippen molar-refractivity contribution in [1.29, 1.82) is 21.0 Å². The molecule has 1 aromatic carbocycles. The zero-order valence-electron chi connectivity index (χ0n) is 11.1. The van der Waals surface area contributed by atoms with Gasteiger partial charge in [0.25, 0.3) is 0 Å². The number of benzene rings is 1. The van der Waals surface area contributed by atoms with Crippen molar-refractivity contribution in [2.75, 3.05) is 0 Å². The second-order valence-electron chi connectivity index (χ2n) is 4.69. The van der Waals surface area contributed by atoms with Crippen molar-refractivity contribution in [2.24, 2.45) is 0 Å². The maximum atomic E-state index is 8.88. The summed E-state index contributed by atoms with van der Waals surface area (Å²) in [5, 5.41) is 35.5. The van der Waals surface area contributed by atoms with Gasteiger partial charge in [0.15, 0.2) is 0 Å². The van der Waals surface area contributed by atoms with Crippen LogP contribution in [0, 0.1) is 45.3 Å². The van der Waals surface area contributed by atoms with Crippen LogP contribution in [-0.4, -0.2) is 0 Å². The summed E-state index contributed by atoms with van der Waals surface area (Å²) in [4.78, 5) is 0. The Kier molecular flexibility index (Phi) is 4.16. The quantitative estimate of drug-likeness (QED) is 0.771. The van der Waals surface area contributed by atoms with Crippen molar-refractivity contribution in [3.05, 3.63) is 58.7 Å². The summed E-state index contributed by atoms with van der Waals surface area (Å²) in [6.45, 7) is 0. The summed E-state index contributed by atoms with van der Waals surface area (Å²) >= 11 is 0. The van der Waals surface area contributed by atoms with Crippen LogP contribution < -0.4 is 0 Å². The van der Waals surface area contributed by atoms with Gasteiger partial charge in [-0.3, -0.25) is 0 Å². The molecule has 1 aliphatic carbocycles. The highest BCUT2D eigenvalue weighted by Gasteiger charge is 2.28. The first kappa shape index (κ1) is 14.1. The molecule has 1 aromatic rings. The number of hydrogen-bond acceptors (Lipinski definition) is 4. The second-order valence-corrected chi connectivity index (χ2v) is 4.69. The molecule has 0 N–H and O–H groups in total. The van der Waals surface area contributed by atoms with Crippen LogP contribution in [0.4, 0.5) is 0 Å². The monoisotopic (exact) mass is 270 g/mol. The fraction of sp³-hybridized carbons (Fsp3) is 0.176. The molecule has 0 aliphatic heterocycles. The Morgan fingerprint density at radius 2 is 1.19 bits per heavy atom. The third-order valence-corrected chi connectivity index (χ3v) is 3.52. The van der Waals surface area contributed by atoms with E-state index >= 15 is 0 Å². The summed E-state index contributed by atoms with van der Waals surface area (Å²) < 4.78 is 0. The summed E-state index contributed by atoms with van der Waals surface area (Å²) in [7, 11) is 0. The van der Waals surface area contributed by atoms with Crippen molar-refractivity contribution in [2.45, 2.75) is 18.3 Å². The molecule has 21 heavy (non-hydrogen) atoms. The fourth-order valence-corrected chi connectivity index (χ4v) is 2.63. The Bertz CT molecular complexity index is 689. The fourth-order valence-electron chi connectivity index (χ4n) is 2.63. The Balaban J connectivity index is 2.45. The maximum absolute atomic E-state index is 8.88. The molecule has 0 radical (unpaired) electrons. The molecular formula is C17H10N4. The second kappa shape index (κ2) is 6.21. The van der Waals surface area contributed by atoms with Gasteiger partial charge in [-0.25, -0.2) is 0 Å². The molecular weight excluding hydrogens is 260 g/mol. The predicted molar refractivity (Wildman–Crippen MR) is 75.2 cm³/mol. The van der Waals surface area contributed by atoms with Crippen molar-refractivity contribution in [3.63, 3.8) is 0 Å². The highest BCUT2D eigenvalue weighted by molar-refractivity contribution is 5.49. The van der Waals surface area contributed by atoms with Crippen LogP contribution >= 0.6 is 0 Å². The third kappa shape index (κ3) is 2.82. The Morgan fingerprint density at radius 1 is 0.810 bits per heavy atom. The van der Waals surface area contributed by atoms with Gasteiger partial charge in [-0.2, -0.15) is 21.0 Å². The van der Waals surface area contributed by atoms with Gasteiger partial charge < -0.3 is 0 Å². The molecule has 2 unspecified atom stereocenters. The molecule has 0 aromatic heterocycles. The molecule has 2 rings (SSSR count). The van der Waals surface area contributed by atoms with E-state index in [0.717, 1.165) is 11.1 Å². The number of rotatable bonds is 2. The summed E-state index contributed by atoms with van der Waals surface area (Å²) in [6.07, 6.45) is 3.97. The number of fused-ring (bicyclic) bond motifs is 1. The molecule has 98 valence electrons. The Morgan fingerprint density at radius 3 is 1.52 bits per heavy atom. The van der Waals surface area contributed by atoms with Crippen LogP contribution in [-0.2, 0) is 0 Å².